The second kappa shape index (κ2) is 9.26. The highest BCUT2D eigenvalue weighted by molar-refractivity contribution is 7.99. The molecule has 0 saturated heterocycles. The number of nitrogens with one attached hydrogen (secondary N) is 1. The van der Waals surface area contributed by atoms with Crippen molar-refractivity contribution in [3.8, 4) is 0 Å². The molecule has 0 unspecified atom stereocenters. The van der Waals surface area contributed by atoms with E-state index in [-0.39, 0.29) is 11.7 Å². The molecule has 27 heavy (non-hydrogen) atoms. The Labute approximate surface area is 172 Å². The van der Waals surface area contributed by atoms with Crippen molar-refractivity contribution in [1.82, 2.24) is 14.8 Å². The third-order valence-corrected chi connectivity index (χ3v) is 5.61. The first-order valence-electron chi connectivity index (χ1n) is 8.33. The molecule has 1 heterocycles. The number of carbonyl (C=O) groups excluding carboxylic acids is 1. The summed E-state index contributed by atoms with van der Waals surface area (Å²) in [4.78, 5) is 12.2. The average Bonchev–Trinajstić information content (AvgIpc) is 3.02. The van der Waals surface area contributed by atoms with E-state index in [0.29, 0.717) is 20.9 Å². The molecule has 0 saturated carbocycles. The van der Waals surface area contributed by atoms with E-state index in [1.807, 2.05) is 29.8 Å². The van der Waals surface area contributed by atoms with Crippen molar-refractivity contribution in [1.29, 1.82) is 0 Å². The van der Waals surface area contributed by atoms with Gasteiger partial charge in [-0.15, -0.1) is 10.2 Å². The van der Waals surface area contributed by atoms with Gasteiger partial charge in [0, 0.05) is 13.5 Å². The molecule has 5 nitrogen and oxygen atoms in total. The first-order chi connectivity index (χ1) is 13.0. The van der Waals surface area contributed by atoms with E-state index in [4.69, 9.17) is 23.2 Å². The Balaban J connectivity index is 1.55. The number of carbonyl (C=O) groups is 1. The number of aryl methyl sites for hydroxylation is 2. The monoisotopic (exact) mass is 420 g/mol. The van der Waals surface area contributed by atoms with Crippen LogP contribution in [0.4, 0.5) is 5.69 Å². The maximum atomic E-state index is 12.2. The summed E-state index contributed by atoms with van der Waals surface area (Å²) in [5, 5.41) is 12.7. The normalized spacial score (nSPS) is 10.8. The van der Waals surface area contributed by atoms with Crippen molar-refractivity contribution in [2.24, 2.45) is 7.05 Å². The van der Waals surface area contributed by atoms with Crippen molar-refractivity contribution in [2.45, 2.75) is 18.0 Å². The minimum atomic E-state index is -0.205. The number of thioether (sulfide) groups is 1. The van der Waals surface area contributed by atoms with Gasteiger partial charge in [-0.2, -0.15) is 0 Å². The molecule has 1 aromatic heterocycles. The number of halogens is 2. The van der Waals surface area contributed by atoms with Crippen LogP contribution in [0, 0.1) is 0 Å². The topological polar surface area (TPSA) is 59.8 Å². The third-order valence-electron chi connectivity index (χ3n) is 3.96. The summed E-state index contributed by atoms with van der Waals surface area (Å²) in [5.74, 6) is 0.867. The number of hydrogen-bond acceptors (Lipinski definition) is 4. The van der Waals surface area contributed by atoms with Gasteiger partial charge in [-0.1, -0.05) is 71.4 Å². The van der Waals surface area contributed by atoms with Crippen LogP contribution in [0.2, 0.25) is 10.0 Å². The van der Waals surface area contributed by atoms with Crippen LogP contribution in [0.3, 0.4) is 0 Å². The molecular weight excluding hydrogens is 403 g/mol. The zero-order valence-corrected chi connectivity index (χ0v) is 17.0. The molecule has 0 fully saturated rings. The zero-order chi connectivity index (χ0) is 19.2. The van der Waals surface area contributed by atoms with Crippen molar-refractivity contribution >= 4 is 46.6 Å². The Kier molecular flexibility index (Phi) is 6.77. The van der Waals surface area contributed by atoms with Crippen LogP contribution in [0.1, 0.15) is 11.4 Å². The molecule has 8 heteroatoms. The lowest BCUT2D eigenvalue weighted by molar-refractivity contribution is -0.113. The predicted octanol–water partition coefficient (Wildman–Crippen LogP) is 4.64. The van der Waals surface area contributed by atoms with Gasteiger partial charge in [-0.3, -0.25) is 4.79 Å². The summed E-state index contributed by atoms with van der Waals surface area (Å²) < 4.78 is 1.92. The maximum absolute atomic E-state index is 12.2. The summed E-state index contributed by atoms with van der Waals surface area (Å²) in [7, 11) is 1.91. The highest BCUT2D eigenvalue weighted by atomic mass is 35.5. The first-order valence-corrected chi connectivity index (χ1v) is 10.1. The quantitative estimate of drug-likeness (QED) is 0.565. The van der Waals surface area contributed by atoms with Crippen molar-refractivity contribution in [3.63, 3.8) is 0 Å². The Bertz CT molecular complexity index is 910. The third kappa shape index (κ3) is 5.25. The van der Waals surface area contributed by atoms with E-state index >= 15 is 0 Å². The number of benzene rings is 2. The smallest absolute Gasteiger partial charge is 0.234 e. The molecule has 0 radical (unpaired) electrons. The average molecular weight is 421 g/mol. The molecule has 1 amide bonds. The molecule has 0 spiro atoms. The highest BCUT2D eigenvalue weighted by Gasteiger charge is 2.13. The van der Waals surface area contributed by atoms with Crippen LogP contribution >= 0.6 is 35.0 Å². The van der Waals surface area contributed by atoms with Crippen LogP contribution in [0.15, 0.2) is 53.7 Å². The van der Waals surface area contributed by atoms with Crippen LogP contribution in [0.5, 0.6) is 0 Å². The van der Waals surface area contributed by atoms with Gasteiger partial charge in [0.25, 0.3) is 0 Å². The van der Waals surface area contributed by atoms with Crippen molar-refractivity contribution < 1.29 is 4.79 Å². The summed E-state index contributed by atoms with van der Waals surface area (Å²) in [5.41, 5.74) is 1.68. The molecule has 1 N–H and O–H groups in total. The summed E-state index contributed by atoms with van der Waals surface area (Å²) in [6.07, 6.45) is 1.68. The minimum Gasteiger partial charge on any atom is -0.323 e. The summed E-state index contributed by atoms with van der Waals surface area (Å²) >= 11 is 13.5. The summed E-state index contributed by atoms with van der Waals surface area (Å²) in [6.45, 7) is 0. The molecule has 0 aliphatic carbocycles. The van der Waals surface area contributed by atoms with Gasteiger partial charge in [0.2, 0.25) is 5.91 Å². The fourth-order valence-corrected chi connectivity index (χ4v) is 3.73. The number of amides is 1. The van der Waals surface area contributed by atoms with E-state index in [9.17, 15) is 4.79 Å². The maximum Gasteiger partial charge on any atom is 0.234 e. The number of para-hydroxylation sites is 1. The molecule has 0 atom stereocenters. The minimum absolute atomic E-state index is 0.187. The van der Waals surface area contributed by atoms with Gasteiger partial charge in [0.15, 0.2) is 5.16 Å². The van der Waals surface area contributed by atoms with Gasteiger partial charge >= 0.3 is 0 Å². The molecule has 2 aromatic carbocycles. The number of anilines is 1. The Morgan fingerprint density at radius 2 is 1.74 bits per heavy atom. The van der Waals surface area contributed by atoms with Crippen LogP contribution in [-0.4, -0.2) is 26.4 Å². The molecular formula is C19H18Cl2N4OS. The van der Waals surface area contributed by atoms with E-state index in [0.717, 1.165) is 18.7 Å². The Hall–Kier alpha value is -2.02. The van der Waals surface area contributed by atoms with Crippen molar-refractivity contribution in [3.05, 3.63) is 70.0 Å². The molecule has 3 rings (SSSR count). The first kappa shape index (κ1) is 19.7. The number of aromatic nitrogens is 3. The van der Waals surface area contributed by atoms with Crippen molar-refractivity contribution in [2.75, 3.05) is 11.1 Å². The van der Waals surface area contributed by atoms with Gasteiger partial charge in [0.1, 0.15) is 5.82 Å². The second-order valence-corrected chi connectivity index (χ2v) is 7.63. The Morgan fingerprint density at radius 1 is 1.04 bits per heavy atom. The standard InChI is InChI=1S/C19H18Cl2N4OS/c1-25-16(11-10-13-6-3-2-4-7-13)23-24-19(25)27-12-17(26)22-18-14(20)8-5-9-15(18)21/h2-9H,10-12H2,1H3,(H,22,26). The lowest BCUT2D eigenvalue weighted by atomic mass is 10.1. The number of nitrogens with zero attached hydrogens (tertiary/aromatic N) is 3. The van der Waals surface area contributed by atoms with E-state index < -0.39 is 0 Å². The molecule has 3 aromatic rings. The fourth-order valence-electron chi connectivity index (χ4n) is 2.51. The number of rotatable bonds is 7. The van der Waals surface area contributed by atoms with E-state index in [1.54, 1.807) is 18.2 Å². The largest absolute Gasteiger partial charge is 0.323 e. The van der Waals surface area contributed by atoms with Gasteiger partial charge < -0.3 is 9.88 Å². The second-order valence-electron chi connectivity index (χ2n) is 5.88. The fraction of sp³-hybridized carbons (Fsp3) is 0.211. The molecule has 0 bridgehead atoms. The van der Waals surface area contributed by atoms with Gasteiger partial charge in [-0.25, -0.2) is 0 Å². The lowest BCUT2D eigenvalue weighted by Gasteiger charge is -2.09. The van der Waals surface area contributed by atoms with Crippen LogP contribution in [0.25, 0.3) is 0 Å². The number of hydrogen-bond donors (Lipinski definition) is 1. The van der Waals surface area contributed by atoms with Crippen LogP contribution in [-0.2, 0) is 24.7 Å². The Morgan fingerprint density at radius 3 is 2.44 bits per heavy atom. The molecule has 0 aliphatic rings. The highest BCUT2D eigenvalue weighted by Crippen LogP contribution is 2.30. The SMILES string of the molecule is Cn1c(CCc2ccccc2)nnc1SCC(=O)Nc1c(Cl)cccc1Cl. The van der Waals surface area contributed by atoms with E-state index in [2.05, 4.69) is 27.6 Å². The summed E-state index contributed by atoms with van der Waals surface area (Å²) in [6, 6.07) is 15.3. The molecule has 0 aliphatic heterocycles. The zero-order valence-electron chi connectivity index (χ0n) is 14.7. The molecule has 140 valence electrons. The van der Waals surface area contributed by atoms with Crippen LogP contribution < -0.4 is 5.32 Å². The van der Waals surface area contributed by atoms with Gasteiger partial charge in [0.05, 0.1) is 21.5 Å². The van der Waals surface area contributed by atoms with E-state index in [1.165, 1.54) is 17.3 Å². The lowest BCUT2D eigenvalue weighted by Crippen LogP contribution is -2.15. The van der Waals surface area contributed by atoms with Gasteiger partial charge in [-0.05, 0) is 24.1 Å². The predicted molar refractivity (Wildman–Crippen MR) is 111 cm³/mol.